The molecule has 0 radical (unpaired) electrons. The van der Waals surface area contributed by atoms with Crippen molar-refractivity contribution in [2.45, 2.75) is 30.8 Å². The molecule has 7 heteroatoms. The van der Waals surface area contributed by atoms with Crippen LogP contribution in [0.5, 0.6) is 0 Å². The maximum absolute atomic E-state index is 13.0. The normalized spacial score (nSPS) is 26.5. The summed E-state index contributed by atoms with van der Waals surface area (Å²) in [5.74, 6) is 5.89. The Morgan fingerprint density at radius 3 is 2.67 bits per heavy atom. The maximum Gasteiger partial charge on any atom is 0.242 e. The van der Waals surface area contributed by atoms with Gasteiger partial charge >= 0.3 is 0 Å². The summed E-state index contributed by atoms with van der Waals surface area (Å²) in [4.78, 5) is 29.2. The number of amides is 2. The first-order valence-electron chi connectivity index (χ1n) is 10.5. The summed E-state index contributed by atoms with van der Waals surface area (Å²) in [6.07, 6.45) is 1.43. The minimum Gasteiger partial charge on any atom is -0.394 e. The topological polar surface area (TPSA) is 79.3 Å². The molecule has 0 spiro atoms. The number of fused-ring (bicyclic) bond motifs is 1. The molecule has 3 heterocycles. The van der Waals surface area contributed by atoms with Gasteiger partial charge in [0.15, 0.2) is 0 Å². The van der Waals surface area contributed by atoms with Crippen LogP contribution in [-0.4, -0.2) is 85.4 Å². The van der Waals surface area contributed by atoms with E-state index in [4.69, 9.17) is 9.47 Å². The van der Waals surface area contributed by atoms with E-state index in [1.54, 1.807) is 16.9 Å². The molecule has 3 atom stereocenters. The number of carbonyl (C=O) groups is 2. The lowest BCUT2D eigenvalue weighted by Crippen LogP contribution is -2.73. The van der Waals surface area contributed by atoms with Gasteiger partial charge in [-0.05, 0) is 30.5 Å². The van der Waals surface area contributed by atoms with E-state index in [1.165, 1.54) is 0 Å². The second kappa shape index (κ2) is 9.17. The minimum atomic E-state index is -0.242. The average molecular weight is 412 g/mol. The standard InChI is InChI=1S/C23H28N2O5/c1-29-10-2-3-16-4-6-17(7-5-16)22-19-13-24(14-21(27)25(19)20(22)15-26)23(28)18-8-11-30-12-9-18/h4-7,18-20,22,26H,8-15H2,1H3/t19-,20+,22+/m0/s1. The molecular formula is C23H28N2O5. The number of ether oxygens (including phenoxy) is 2. The van der Waals surface area contributed by atoms with E-state index in [1.807, 2.05) is 24.3 Å². The molecule has 30 heavy (non-hydrogen) atoms. The van der Waals surface area contributed by atoms with Crippen LogP contribution < -0.4 is 0 Å². The van der Waals surface area contributed by atoms with Gasteiger partial charge in [0.25, 0.3) is 0 Å². The fourth-order valence-corrected chi connectivity index (χ4v) is 4.87. The number of aliphatic hydroxyl groups excluding tert-OH is 1. The third-order valence-corrected chi connectivity index (χ3v) is 6.38. The molecule has 3 aliphatic heterocycles. The van der Waals surface area contributed by atoms with Crippen molar-refractivity contribution in [3.63, 3.8) is 0 Å². The lowest BCUT2D eigenvalue weighted by atomic mass is 9.73. The Hall–Kier alpha value is -2.40. The third kappa shape index (κ3) is 3.95. The smallest absolute Gasteiger partial charge is 0.242 e. The highest BCUT2D eigenvalue weighted by Crippen LogP contribution is 2.43. The Morgan fingerprint density at radius 2 is 2.00 bits per heavy atom. The Bertz CT molecular complexity index is 837. The van der Waals surface area contributed by atoms with Gasteiger partial charge in [-0.1, -0.05) is 24.0 Å². The number of hydrogen-bond donors (Lipinski definition) is 1. The fourth-order valence-electron chi connectivity index (χ4n) is 4.87. The van der Waals surface area contributed by atoms with Crippen LogP contribution in [0.1, 0.15) is 29.9 Å². The highest BCUT2D eigenvalue weighted by Gasteiger charge is 2.54. The van der Waals surface area contributed by atoms with Crippen LogP contribution in [0, 0.1) is 17.8 Å². The van der Waals surface area contributed by atoms with E-state index < -0.39 is 0 Å². The summed E-state index contributed by atoms with van der Waals surface area (Å²) in [7, 11) is 1.61. The van der Waals surface area contributed by atoms with E-state index >= 15 is 0 Å². The predicted molar refractivity (Wildman–Crippen MR) is 110 cm³/mol. The van der Waals surface area contributed by atoms with Crippen molar-refractivity contribution in [1.82, 2.24) is 9.80 Å². The second-order valence-corrected chi connectivity index (χ2v) is 8.11. The fraction of sp³-hybridized carbons (Fsp3) is 0.565. The molecule has 2 amide bonds. The Balaban J connectivity index is 1.49. The second-order valence-electron chi connectivity index (χ2n) is 8.11. The van der Waals surface area contributed by atoms with E-state index in [2.05, 4.69) is 11.8 Å². The Labute approximate surface area is 176 Å². The number of nitrogens with zero attached hydrogens (tertiary/aromatic N) is 2. The van der Waals surface area contributed by atoms with Crippen LogP contribution in [0.2, 0.25) is 0 Å². The number of aliphatic hydroxyl groups is 1. The largest absolute Gasteiger partial charge is 0.394 e. The van der Waals surface area contributed by atoms with Crippen LogP contribution in [-0.2, 0) is 19.1 Å². The first kappa shape index (κ1) is 20.9. The molecule has 0 saturated carbocycles. The molecule has 7 nitrogen and oxygen atoms in total. The number of piperazine rings is 1. The van der Waals surface area contributed by atoms with Gasteiger partial charge in [0, 0.05) is 44.3 Å². The van der Waals surface area contributed by atoms with Crippen molar-refractivity contribution in [3.8, 4) is 11.8 Å². The van der Waals surface area contributed by atoms with Crippen LogP contribution in [0.25, 0.3) is 0 Å². The van der Waals surface area contributed by atoms with Crippen LogP contribution >= 0.6 is 0 Å². The molecule has 3 saturated heterocycles. The van der Waals surface area contributed by atoms with Crippen molar-refractivity contribution in [2.24, 2.45) is 5.92 Å². The van der Waals surface area contributed by atoms with Gasteiger partial charge in [-0.2, -0.15) is 0 Å². The highest BCUT2D eigenvalue weighted by molar-refractivity contribution is 5.88. The summed E-state index contributed by atoms with van der Waals surface area (Å²) in [6, 6.07) is 7.57. The molecule has 3 aliphatic rings. The van der Waals surface area contributed by atoms with E-state index in [9.17, 15) is 14.7 Å². The quantitative estimate of drug-likeness (QED) is 0.733. The van der Waals surface area contributed by atoms with Gasteiger partial charge in [0.05, 0.1) is 25.2 Å². The lowest BCUT2D eigenvalue weighted by Gasteiger charge is -2.59. The molecule has 0 bridgehead atoms. The lowest BCUT2D eigenvalue weighted by molar-refractivity contribution is -0.169. The molecule has 4 rings (SSSR count). The van der Waals surface area contributed by atoms with Crippen molar-refractivity contribution < 1.29 is 24.2 Å². The van der Waals surface area contributed by atoms with Gasteiger partial charge < -0.3 is 24.4 Å². The van der Waals surface area contributed by atoms with Crippen molar-refractivity contribution in [3.05, 3.63) is 35.4 Å². The van der Waals surface area contributed by atoms with E-state index in [-0.39, 0.29) is 48.9 Å². The number of methoxy groups -OCH3 is 1. The average Bonchev–Trinajstić information content (AvgIpc) is 2.76. The first-order chi connectivity index (χ1) is 14.6. The molecular weight excluding hydrogens is 384 g/mol. The van der Waals surface area contributed by atoms with Gasteiger partial charge in [0.2, 0.25) is 11.8 Å². The third-order valence-electron chi connectivity index (χ3n) is 6.38. The first-order valence-corrected chi connectivity index (χ1v) is 10.5. The number of carbonyl (C=O) groups excluding carboxylic acids is 2. The number of hydrogen-bond acceptors (Lipinski definition) is 5. The SMILES string of the molecule is COCC#Cc1ccc([C@H]2[C@@H](CO)N3C(=O)CN(C(=O)C4CCOCC4)C[C@@H]23)cc1. The van der Waals surface area contributed by atoms with Crippen molar-refractivity contribution >= 4 is 11.8 Å². The summed E-state index contributed by atoms with van der Waals surface area (Å²) < 4.78 is 10.3. The van der Waals surface area contributed by atoms with Crippen molar-refractivity contribution in [1.29, 1.82) is 0 Å². The molecule has 0 aromatic heterocycles. The van der Waals surface area contributed by atoms with E-state index in [0.29, 0.717) is 39.2 Å². The molecule has 1 aromatic rings. The summed E-state index contributed by atoms with van der Waals surface area (Å²) in [5, 5.41) is 9.93. The molecule has 0 unspecified atom stereocenters. The monoisotopic (exact) mass is 412 g/mol. The highest BCUT2D eigenvalue weighted by atomic mass is 16.5. The minimum absolute atomic E-state index is 0.00484. The number of benzene rings is 1. The van der Waals surface area contributed by atoms with Crippen LogP contribution in [0.4, 0.5) is 0 Å². The molecule has 3 fully saturated rings. The number of rotatable bonds is 4. The molecule has 1 N–H and O–H groups in total. The summed E-state index contributed by atoms with van der Waals surface area (Å²) in [6.45, 7) is 2.11. The predicted octanol–water partition coefficient (Wildman–Crippen LogP) is 0.609. The summed E-state index contributed by atoms with van der Waals surface area (Å²) in [5.41, 5.74) is 1.95. The van der Waals surface area contributed by atoms with Crippen LogP contribution in [0.15, 0.2) is 24.3 Å². The molecule has 160 valence electrons. The molecule has 1 aromatic carbocycles. The maximum atomic E-state index is 13.0. The van der Waals surface area contributed by atoms with Gasteiger partial charge in [-0.15, -0.1) is 0 Å². The summed E-state index contributed by atoms with van der Waals surface area (Å²) >= 11 is 0. The van der Waals surface area contributed by atoms with Gasteiger partial charge in [-0.3, -0.25) is 9.59 Å². The van der Waals surface area contributed by atoms with Gasteiger partial charge in [0.1, 0.15) is 6.61 Å². The van der Waals surface area contributed by atoms with E-state index in [0.717, 1.165) is 11.1 Å². The zero-order valence-corrected chi connectivity index (χ0v) is 17.3. The molecule has 0 aliphatic carbocycles. The van der Waals surface area contributed by atoms with Crippen LogP contribution in [0.3, 0.4) is 0 Å². The zero-order valence-electron chi connectivity index (χ0n) is 17.3. The Kier molecular flexibility index (Phi) is 6.38. The zero-order chi connectivity index (χ0) is 21.1. The Morgan fingerprint density at radius 1 is 1.27 bits per heavy atom. The van der Waals surface area contributed by atoms with Gasteiger partial charge in [-0.25, -0.2) is 0 Å². The van der Waals surface area contributed by atoms with Crippen molar-refractivity contribution in [2.75, 3.05) is 46.6 Å².